The molecule has 0 unspecified atom stereocenters. The molecule has 100 valence electrons. The maximum absolute atomic E-state index is 12.6. The summed E-state index contributed by atoms with van der Waals surface area (Å²) in [6.45, 7) is 1.11. The molecule has 0 radical (unpaired) electrons. The number of alkyl halides is 1. The summed E-state index contributed by atoms with van der Waals surface area (Å²) in [5.41, 5.74) is 0. The molecule has 0 aliphatic carbocycles. The molecule has 0 atom stereocenters. The Bertz CT molecular complexity index is 370. The highest BCUT2D eigenvalue weighted by Gasteiger charge is 2.06. The van der Waals surface area contributed by atoms with Gasteiger partial charge in [0.1, 0.15) is 11.6 Å². The number of carbonyl (C=O) groups is 1. The van der Waals surface area contributed by atoms with Crippen LogP contribution >= 0.6 is 11.6 Å². The summed E-state index contributed by atoms with van der Waals surface area (Å²) in [6, 6.07) is 5.87. The van der Waals surface area contributed by atoms with Crippen molar-refractivity contribution in [1.82, 2.24) is 4.90 Å². The van der Waals surface area contributed by atoms with E-state index < -0.39 is 0 Å². The van der Waals surface area contributed by atoms with E-state index >= 15 is 0 Å². The molecule has 1 aromatic carbocycles. The summed E-state index contributed by atoms with van der Waals surface area (Å²) in [5, 5.41) is 0. The fourth-order valence-corrected chi connectivity index (χ4v) is 1.58. The van der Waals surface area contributed by atoms with E-state index in [0.29, 0.717) is 31.2 Å². The standard InChI is InChI=1S/C13H17ClFNO2/c1-16(13(17)7-8-14)9-2-10-18-12-5-3-11(15)4-6-12/h3-6H,2,7-10H2,1H3. The topological polar surface area (TPSA) is 29.5 Å². The Labute approximate surface area is 111 Å². The third kappa shape index (κ3) is 5.36. The summed E-state index contributed by atoms with van der Waals surface area (Å²) in [4.78, 5) is 13.0. The maximum Gasteiger partial charge on any atom is 0.223 e. The molecule has 0 saturated heterocycles. The highest BCUT2D eigenvalue weighted by Crippen LogP contribution is 2.11. The van der Waals surface area contributed by atoms with Crippen molar-refractivity contribution in [3.05, 3.63) is 30.1 Å². The molecule has 0 saturated carbocycles. The number of halogens is 2. The number of hydrogen-bond donors (Lipinski definition) is 0. The molecule has 0 aliphatic rings. The second kappa shape index (κ2) is 7.93. The van der Waals surface area contributed by atoms with Gasteiger partial charge in [0, 0.05) is 25.9 Å². The molecular formula is C13H17ClFNO2. The largest absolute Gasteiger partial charge is 0.494 e. The zero-order chi connectivity index (χ0) is 13.4. The quantitative estimate of drug-likeness (QED) is 0.565. The van der Waals surface area contributed by atoms with Gasteiger partial charge in [0.15, 0.2) is 0 Å². The van der Waals surface area contributed by atoms with Crippen molar-refractivity contribution < 1.29 is 13.9 Å². The molecule has 0 aromatic heterocycles. The van der Waals surface area contributed by atoms with Crippen LogP contribution in [0, 0.1) is 5.82 Å². The van der Waals surface area contributed by atoms with Crippen LogP contribution in [0.1, 0.15) is 12.8 Å². The van der Waals surface area contributed by atoms with E-state index in [2.05, 4.69) is 0 Å². The van der Waals surface area contributed by atoms with Crippen LogP contribution in [0.2, 0.25) is 0 Å². The molecule has 3 nitrogen and oxygen atoms in total. The summed E-state index contributed by atoms with van der Waals surface area (Å²) >= 11 is 5.49. The first kappa shape index (κ1) is 14.8. The van der Waals surface area contributed by atoms with Gasteiger partial charge in [0.05, 0.1) is 6.61 Å². The first-order chi connectivity index (χ1) is 8.63. The second-order valence-electron chi connectivity index (χ2n) is 3.91. The number of ether oxygens (including phenoxy) is 1. The lowest BCUT2D eigenvalue weighted by atomic mass is 10.3. The Hall–Kier alpha value is -1.29. The zero-order valence-electron chi connectivity index (χ0n) is 10.4. The molecule has 0 N–H and O–H groups in total. The van der Waals surface area contributed by atoms with Crippen molar-refractivity contribution in [2.45, 2.75) is 12.8 Å². The average molecular weight is 274 g/mol. The van der Waals surface area contributed by atoms with Gasteiger partial charge < -0.3 is 9.64 Å². The fraction of sp³-hybridized carbons (Fsp3) is 0.462. The van der Waals surface area contributed by atoms with Gasteiger partial charge in [-0.3, -0.25) is 4.79 Å². The predicted octanol–water partition coefficient (Wildman–Crippen LogP) is 2.68. The third-order valence-corrected chi connectivity index (χ3v) is 2.64. The lowest BCUT2D eigenvalue weighted by Crippen LogP contribution is -2.28. The second-order valence-corrected chi connectivity index (χ2v) is 4.29. The number of nitrogens with zero attached hydrogens (tertiary/aromatic N) is 1. The molecule has 1 amide bonds. The van der Waals surface area contributed by atoms with Crippen LogP contribution in [0.4, 0.5) is 4.39 Å². The van der Waals surface area contributed by atoms with Crippen molar-refractivity contribution in [1.29, 1.82) is 0 Å². The fourth-order valence-electron chi connectivity index (χ4n) is 1.42. The van der Waals surface area contributed by atoms with Crippen LogP contribution in [0.25, 0.3) is 0 Å². The van der Waals surface area contributed by atoms with Crippen molar-refractivity contribution >= 4 is 17.5 Å². The molecule has 1 aromatic rings. The van der Waals surface area contributed by atoms with Gasteiger partial charge in [-0.05, 0) is 30.7 Å². The number of benzene rings is 1. The average Bonchev–Trinajstić information content (AvgIpc) is 2.36. The van der Waals surface area contributed by atoms with Gasteiger partial charge in [-0.25, -0.2) is 4.39 Å². The SMILES string of the molecule is CN(CCCOc1ccc(F)cc1)C(=O)CCCl. The highest BCUT2D eigenvalue weighted by molar-refractivity contribution is 6.18. The Kier molecular flexibility index (Phi) is 6.50. The normalized spacial score (nSPS) is 10.2. The van der Waals surface area contributed by atoms with Crippen molar-refractivity contribution in [2.24, 2.45) is 0 Å². The molecule has 0 heterocycles. The molecule has 5 heteroatoms. The Morgan fingerprint density at radius 1 is 1.39 bits per heavy atom. The van der Waals surface area contributed by atoms with E-state index in [-0.39, 0.29) is 11.7 Å². The highest BCUT2D eigenvalue weighted by atomic mass is 35.5. The van der Waals surface area contributed by atoms with Gasteiger partial charge in [-0.15, -0.1) is 11.6 Å². The molecule has 18 heavy (non-hydrogen) atoms. The van der Waals surface area contributed by atoms with Crippen LogP contribution in [0.3, 0.4) is 0 Å². The summed E-state index contributed by atoms with van der Waals surface area (Å²) in [6.07, 6.45) is 1.08. The zero-order valence-corrected chi connectivity index (χ0v) is 11.1. The first-order valence-electron chi connectivity index (χ1n) is 5.82. The van der Waals surface area contributed by atoms with E-state index in [9.17, 15) is 9.18 Å². The van der Waals surface area contributed by atoms with E-state index in [4.69, 9.17) is 16.3 Å². The Balaban J connectivity index is 2.18. The lowest BCUT2D eigenvalue weighted by Gasteiger charge is -2.16. The van der Waals surface area contributed by atoms with Crippen molar-refractivity contribution in [3.8, 4) is 5.75 Å². The van der Waals surface area contributed by atoms with Crippen LogP contribution in [0.15, 0.2) is 24.3 Å². The lowest BCUT2D eigenvalue weighted by molar-refractivity contribution is -0.129. The predicted molar refractivity (Wildman–Crippen MR) is 69.5 cm³/mol. The Morgan fingerprint density at radius 2 is 2.06 bits per heavy atom. The molecule has 0 bridgehead atoms. The number of amides is 1. The molecule has 1 rings (SSSR count). The van der Waals surface area contributed by atoms with E-state index in [0.717, 1.165) is 6.42 Å². The minimum atomic E-state index is -0.284. The molecule has 0 spiro atoms. The van der Waals surface area contributed by atoms with Gasteiger partial charge >= 0.3 is 0 Å². The van der Waals surface area contributed by atoms with E-state index in [1.54, 1.807) is 24.1 Å². The smallest absolute Gasteiger partial charge is 0.223 e. The molecule has 0 aliphatic heterocycles. The van der Waals surface area contributed by atoms with Gasteiger partial charge in [0.2, 0.25) is 5.91 Å². The summed E-state index contributed by atoms with van der Waals surface area (Å²) < 4.78 is 18.1. The van der Waals surface area contributed by atoms with Crippen LogP contribution in [-0.2, 0) is 4.79 Å². The van der Waals surface area contributed by atoms with Gasteiger partial charge in [-0.2, -0.15) is 0 Å². The maximum atomic E-state index is 12.6. The van der Waals surface area contributed by atoms with Crippen molar-refractivity contribution in [2.75, 3.05) is 26.1 Å². The first-order valence-corrected chi connectivity index (χ1v) is 6.35. The number of rotatable bonds is 7. The van der Waals surface area contributed by atoms with Crippen LogP contribution < -0.4 is 4.74 Å². The third-order valence-electron chi connectivity index (χ3n) is 2.45. The number of hydrogen-bond acceptors (Lipinski definition) is 2. The summed E-state index contributed by atoms with van der Waals surface area (Å²) in [7, 11) is 1.74. The molecular weight excluding hydrogens is 257 g/mol. The van der Waals surface area contributed by atoms with Crippen LogP contribution in [0.5, 0.6) is 5.75 Å². The van der Waals surface area contributed by atoms with Crippen LogP contribution in [-0.4, -0.2) is 36.9 Å². The Morgan fingerprint density at radius 3 is 2.67 bits per heavy atom. The summed E-state index contributed by atoms with van der Waals surface area (Å²) in [5.74, 6) is 0.724. The van der Waals surface area contributed by atoms with Gasteiger partial charge in [-0.1, -0.05) is 0 Å². The van der Waals surface area contributed by atoms with Gasteiger partial charge in [0.25, 0.3) is 0 Å². The van der Waals surface area contributed by atoms with E-state index in [1.807, 2.05) is 0 Å². The minimum Gasteiger partial charge on any atom is -0.494 e. The number of carbonyl (C=O) groups excluding carboxylic acids is 1. The molecule has 0 fully saturated rings. The monoisotopic (exact) mass is 273 g/mol. The van der Waals surface area contributed by atoms with E-state index in [1.165, 1.54) is 12.1 Å². The van der Waals surface area contributed by atoms with Crippen molar-refractivity contribution in [3.63, 3.8) is 0 Å². The minimum absolute atomic E-state index is 0.0341.